The fourth-order valence-electron chi connectivity index (χ4n) is 6.56. The Bertz CT molecular complexity index is 1200. The van der Waals surface area contributed by atoms with E-state index in [1.165, 1.54) is 69.8 Å². The summed E-state index contributed by atoms with van der Waals surface area (Å²) in [5.41, 5.74) is 8.61. The molecule has 2 aliphatic carbocycles. The Balaban J connectivity index is 1.57. The lowest BCUT2D eigenvalue weighted by molar-refractivity contribution is 0.326. The zero-order chi connectivity index (χ0) is 25.8. The molecule has 3 fully saturated rings. The predicted octanol–water partition coefficient (Wildman–Crippen LogP) is 8.21. The summed E-state index contributed by atoms with van der Waals surface area (Å²) in [6.07, 6.45) is 12.8. The van der Waals surface area contributed by atoms with Gasteiger partial charge in [-0.05, 0) is 73.3 Å². The first kappa shape index (κ1) is 26.8. The molecule has 2 saturated carbocycles. The van der Waals surface area contributed by atoms with Crippen LogP contribution in [-0.4, -0.2) is 25.8 Å². The zero-order valence-electron chi connectivity index (χ0n) is 22.0. The molecule has 0 aromatic heterocycles. The van der Waals surface area contributed by atoms with Gasteiger partial charge in [0.05, 0.1) is 10.3 Å². The third-order valence-electron chi connectivity index (χ3n) is 8.72. The second kappa shape index (κ2) is 11.9. The molecule has 37 heavy (non-hydrogen) atoms. The van der Waals surface area contributed by atoms with Crippen molar-refractivity contribution in [2.24, 2.45) is 17.8 Å². The van der Waals surface area contributed by atoms with Crippen molar-refractivity contribution in [2.45, 2.75) is 81.4 Å². The average Bonchev–Trinajstić information content (AvgIpc) is 3.38. The number of aryl methyl sites for hydroxylation is 1. The van der Waals surface area contributed by atoms with Crippen LogP contribution in [0.1, 0.15) is 80.7 Å². The average molecular weight is 538 g/mol. The van der Waals surface area contributed by atoms with Gasteiger partial charge in [0, 0.05) is 19.0 Å². The Hall–Kier alpha value is -1.84. The van der Waals surface area contributed by atoms with Gasteiger partial charge in [-0.15, -0.1) is 17.3 Å². The molecule has 0 radical (unpaired) electrons. The molecule has 0 N–H and O–H groups in total. The second-order valence-corrected chi connectivity index (χ2v) is 13.7. The van der Waals surface area contributed by atoms with Crippen LogP contribution in [-0.2, 0) is 10.0 Å². The lowest BCUT2D eigenvalue weighted by atomic mass is 9.73. The van der Waals surface area contributed by atoms with Crippen molar-refractivity contribution >= 4 is 21.6 Å². The monoisotopic (exact) mass is 537 g/mol. The maximum atomic E-state index is 13.7. The number of alkyl halides is 1. The minimum absolute atomic E-state index is 0.0912. The molecule has 0 amide bonds. The van der Waals surface area contributed by atoms with E-state index in [9.17, 15) is 8.42 Å². The molecule has 0 bridgehead atoms. The number of nitrogens with zero attached hydrogens (tertiary/aromatic N) is 1. The molecule has 2 aromatic carbocycles. The molecule has 1 heterocycles. The molecule has 1 aliphatic heterocycles. The number of hydrogen-bond donors (Lipinski definition) is 0. The van der Waals surface area contributed by atoms with Crippen LogP contribution in [0, 0.1) is 24.7 Å². The van der Waals surface area contributed by atoms with Gasteiger partial charge >= 0.3 is 0 Å². The van der Waals surface area contributed by atoms with Gasteiger partial charge in [0.2, 0.25) is 10.0 Å². The van der Waals surface area contributed by atoms with E-state index in [1.54, 1.807) is 16.4 Å². The van der Waals surface area contributed by atoms with Crippen molar-refractivity contribution in [3.63, 3.8) is 0 Å². The largest absolute Gasteiger partial charge is 0.243 e. The van der Waals surface area contributed by atoms with E-state index in [2.05, 4.69) is 17.9 Å². The third-order valence-corrected chi connectivity index (χ3v) is 11.1. The highest BCUT2D eigenvalue weighted by molar-refractivity contribution is 7.89. The Kier molecular flexibility index (Phi) is 8.61. The summed E-state index contributed by atoms with van der Waals surface area (Å²) in [6, 6.07) is 17.3. The fourth-order valence-corrected chi connectivity index (χ4v) is 8.39. The van der Waals surface area contributed by atoms with E-state index in [-0.39, 0.29) is 11.3 Å². The van der Waals surface area contributed by atoms with Crippen LogP contribution >= 0.6 is 11.6 Å². The summed E-state index contributed by atoms with van der Waals surface area (Å²) in [5.74, 6) is 1.07. The molecular formula is C32H40ClNO2S. The Morgan fingerprint density at radius 3 is 2.00 bits per heavy atom. The maximum Gasteiger partial charge on any atom is 0.243 e. The molecule has 0 unspecified atom stereocenters. The molecule has 2 atom stereocenters. The van der Waals surface area contributed by atoms with Gasteiger partial charge in [-0.2, -0.15) is 4.31 Å². The van der Waals surface area contributed by atoms with Gasteiger partial charge in [0.1, 0.15) is 0 Å². The first-order chi connectivity index (χ1) is 17.9. The first-order valence-corrected chi connectivity index (χ1v) is 16.1. The van der Waals surface area contributed by atoms with Crippen LogP contribution in [0.2, 0.25) is 0 Å². The summed E-state index contributed by atoms with van der Waals surface area (Å²) in [6.45, 7) is 2.74. The van der Waals surface area contributed by atoms with E-state index < -0.39 is 10.0 Å². The number of halogens is 1. The lowest BCUT2D eigenvalue weighted by Gasteiger charge is -2.31. The molecule has 3 aliphatic rings. The lowest BCUT2D eigenvalue weighted by Crippen LogP contribution is -2.29. The summed E-state index contributed by atoms with van der Waals surface area (Å²) in [7, 11) is -3.62. The van der Waals surface area contributed by atoms with E-state index in [1.807, 2.05) is 37.3 Å². The smallest absolute Gasteiger partial charge is 0.207 e. The Morgan fingerprint density at radius 1 is 0.865 bits per heavy atom. The van der Waals surface area contributed by atoms with Crippen LogP contribution in [0.4, 0.5) is 0 Å². The molecule has 2 aromatic rings. The molecule has 5 heteroatoms. The summed E-state index contributed by atoms with van der Waals surface area (Å²) < 4.78 is 29.1. The quantitative estimate of drug-likeness (QED) is 0.275. The first-order valence-electron chi connectivity index (χ1n) is 14.2. The number of hydrogen-bond acceptors (Lipinski definition) is 2. The molecule has 1 saturated heterocycles. The normalized spacial score (nSPS) is 23.1. The topological polar surface area (TPSA) is 37.4 Å². The maximum absolute atomic E-state index is 13.7. The predicted molar refractivity (Wildman–Crippen MR) is 152 cm³/mol. The molecular weight excluding hydrogens is 498 g/mol. The standard InChI is InChI=1S/C32H40ClNO2S/c1-24-17-19-29(20-18-24)37(35,36)34-22-28(31(23-34)32(33)27-15-9-4-10-16-27)21-30(25-11-5-2-6-12-25)26-13-7-3-8-14-26/h4,9-10,15-20,25-26,31-32H,2-3,5-8,11-14,22-23H2,1H3/t31-,32+/m1/s1. The molecule has 5 rings (SSSR count). The number of rotatable bonds is 6. The number of sulfonamides is 1. The van der Waals surface area contributed by atoms with Crippen molar-refractivity contribution in [1.29, 1.82) is 0 Å². The van der Waals surface area contributed by atoms with Gasteiger partial charge in [-0.25, -0.2) is 8.42 Å². The van der Waals surface area contributed by atoms with Gasteiger partial charge < -0.3 is 0 Å². The van der Waals surface area contributed by atoms with Gasteiger partial charge in [-0.3, -0.25) is 0 Å². The number of benzene rings is 2. The second-order valence-electron chi connectivity index (χ2n) is 11.3. The third kappa shape index (κ3) is 6.09. The van der Waals surface area contributed by atoms with Crippen molar-refractivity contribution < 1.29 is 8.42 Å². The molecule has 0 spiro atoms. The minimum Gasteiger partial charge on any atom is -0.207 e. The highest BCUT2D eigenvalue weighted by Crippen LogP contribution is 2.43. The van der Waals surface area contributed by atoms with Gasteiger partial charge in [-0.1, -0.05) is 86.6 Å². The summed E-state index contributed by atoms with van der Waals surface area (Å²) >= 11 is 7.15. The van der Waals surface area contributed by atoms with Crippen molar-refractivity contribution in [1.82, 2.24) is 4.31 Å². The Labute approximate surface area is 228 Å². The van der Waals surface area contributed by atoms with Crippen molar-refractivity contribution in [3.05, 3.63) is 82.6 Å². The van der Waals surface area contributed by atoms with Gasteiger partial charge in [0.15, 0.2) is 0 Å². The van der Waals surface area contributed by atoms with E-state index in [0.717, 1.165) is 16.7 Å². The SMILES string of the molecule is Cc1ccc(S(=O)(=O)N2CC(=C=C(C3CCCCC3)C3CCCCC3)[C@H]([C@@H](Cl)c3ccccc3)C2)cc1. The highest BCUT2D eigenvalue weighted by Gasteiger charge is 2.40. The van der Waals surface area contributed by atoms with Crippen molar-refractivity contribution in [3.8, 4) is 0 Å². The summed E-state index contributed by atoms with van der Waals surface area (Å²) in [5, 5.41) is -0.291. The molecule has 3 nitrogen and oxygen atoms in total. The van der Waals surface area contributed by atoms with Crippen LogP contribution in [0.15, 0.2) is 76.4 Å². The van der Waals surface area contributed by atoms with Crippen LogP contribution in [0.25, 0.3) is 0 Å². The highest BCUT2D eigenvalue weighted by atomic mass is 35.5. The minimum atomic E-state index is -3.62. The molecule has 198 valence electrons. The van der Waals surface area contributed by atoms with E-state index in [0.29, 0.717) is 29.8 Å². The summed E-state index contributed by atoms with van der Waals surface area (Å²) in [4.78, 5) is 0.354. The van der Waals surface area contributed by atoms with Crippen LogP contribution in [0.5, 0.6) is 0 Å². The van der Waals surface area contributed by atoms with Crippen molar-refractivity contribution in [2.75, 3.05) is 13.1 Å². The van der Waals surface area contributed by atoms with Crippen LogP contribution < -0.4 is 0 Å². The fraction of sp³-hybridized carbons (Fsp3) is 0.531. The van der Waals surface area contributed by atoms with E-state index in [4.69, 9.17) is 11.6 Å². The van der Waals surface area contributed by atoms with Gasteiger partial charge in [0.25, 0.3) is 0 Å². The zero-order valence-corrected chi connectivity index (χ0v) is 23.6. The Morgan fingerprint density at radius 2 is 1.43 bits per heavy atom. The van der Waals surface area contributed by atoms with E-state index >= 15 is 0 Å². The van der Waals surface area contributed by atoms with Crippen LogP contribution in [0.3, 0.4) is 0 Å².